The van der Waals surface area contributed by atoms with Crippen LogP contribution in [0.2, 0.25) is 0 Å². The molecule has 0 bridgehead atoms. The lowest BCUT2D eigenvalue weighted by Gasteiger charge is -2.16. The number of nitrogens with one attached hydrogen (secondary N) is 1. The second kappa shape index (κ2) is 6.25. The molecule has 3 N–H and O–H groups in total. The van der Waals surface area contributed by atoms with Gasteiger partial charge in [0.05, 0.1) is 4.90 Å². The van der Waals surface area contributed by atoms with Crippen LogP contribution in [0.15, 0.2) is 29.2 Å². The van der Waals surface area contributed by atoms with Crippen LogP contribution in [0.25, 0.3) is 0 Å². The van der Waals surface area contributed by atoms with Crippen LogP contribution < -0.4 is 11.3 Å². The Morgan fingerprint density at radius 2 is 1.94 bits per heavy atom. The van der Waals surface area contributed by atoms with E-state index in [4.69, 9.17) is 5.84 Å². The van der Waals surface area contributed by atoms with Crippen LogP contribution >= 0.6 is 11.8 Å². The van der Waals surface area contributed by atoms with Gasteiger partial charge in [-0.1, -0.05) is 0 Å². The predicted molar refractivity (Wildman–Crippen MR) is 72.4 cm³/mol. The fraction of sp³-hybridized carbons (Fsp3) is 0.400. The molecule has 5 nitrogen and oxygen atoms in total. The first-order valence-corrected chi connectivity index (χ1v) is 7.87. The van der Waals surface area contributed by atoms with Crippen molar-refractivity contribution in [2.24, 2.45) is 5.84 Å². The summed E-state index contributed by atoms with van der Waals surface area (Å²) in [5.41, 5.74) is 3.13. The molecule has 1 rings (SSSR count). The van der Waals surface area contributed by atoms with Gasteiger partial charge in [0.25, 0.3) is 0 Å². The minimum atomic E-state index is -3.38. The number of hydrogen-bond donors (Lipinski definition) is 2. The summed E-state index contributed by atoms with van der Waals surface area (Å²) in [7, 11) is -1.80. The average molecular weight is 275 g/mol. The van der Waals surface area contributed by atoms with Crippen molar-refractivity contribution in [3.63, 3.8) is 0 Å². The summed E-state index contributed by atoms with van der Waals surface area (Å²) in [4.78, 5) is 0.278. The molecule has 1 aromatic carbocycles. The minimum absolute atomic E-state index is 0.278. The summed E-state index contributed by atoms with van der Waals surface area (Å²) >= 11 is 1.61. The second-order valence-electron chi connectivity index (χ2n) is 3.49. The third-order valence-electron chi connectivity index (χ3n) is 2.34. The highest BCUT2D eigenvalue weighted by Crippen LogP contribution is 2.17. The molecule has 0 saturated carbocycles. The van der Waals surface area contributed by atoms with Crippen LogP contribution in [-0.4, -0.2) is 38.3 Å². The molecule has 0 saturated heterocycles. The maximum atomic E-state index is 12.1. The SMILES string of the molecule is CSCCN(C)S(=O)(=O)c1ccc(NN)cc1. The molecule has 0 amide bonds. The van der Waals surface area contributed by atoms with Gasteiger partial charge >= 0.3 is 0 Å². The standard InChI is InChI=1S/C10H17N3O2S2/c1-13(7-8-16-2)17(14,15)10-5-3-9(12-11)4-6-10/h3-6,12H,7-8,11H2,1-2H3. The van der Waals surface area contributed by atoms with Gasteiger partial charge in [0.15, 0.2) is 0 Å². The molecule has 0 atom stereocenters. The Kier molecular flexibility index (Phi) is 5.26. The Morgan fingerprint density at radius 1 is 1.35 bits per heavy atom. The monoisotopic (exact) mass is 275 g/mol. The number of thioether (sulfide) groups is 1. The van der Waals surface area contributed by atoms with E-state index >= 15 is 0 Å². The normalized spacial score (nSPS) is 11.8. The fourth-order valence-electron chi connectivity index (χ4n) is 1.24. The molecule has 0 aromatic heterocycles. The number of benzene rings is 1. The largest absolute Gasteiger partial charge is 0.324 e. The zero-order valence-electron chi connectivity index (χ0n) is 9.88. The molecule has 0 spiro atoms. The lowest BCUT2D eigenvalue weighted by molar-refractivity contribution is 0.488. The molecule has 0 unspecified atom stereocenters. The highest BCUT2D eigenvalue weighted by atomic mass is 32.2. The van der Waals surface area contributed by atoms with Crippen LogP contribution in [0.1, 0.15) is 0 Å². The molecule has 0 aliphatic carbocycles. The van der Waals surface area contributed by atoms with Crippen molar-refractivity contribution in [3.05, 3.63) is 24.3 Å². The third kappa shape index (κ3) is 3.60. The van der Waals surface area contributed by atoms with Crippen LogP contribution in [0.3, 0.4) is 0 Å². The molecule has 1 aromatic rings. The number of hydrogen-bond acceptors (Lipinski definition) is 5. The maximum absolute atomic E-state index is 12.1. The van der Waals surface area contributed by atoms with E-state index in [1.165, 1.54) is 4.31 Å². The van der Waals surface area contributed by atoms with Crippen molar-refractivity contribution in [1.82, 2.24) is 4.31 Å². The fourth-order valence-corrected chi connectivity index (χ4v) is 2.99. The van der Waals surface area contributed by atoms with Gasteiger partial charge in [-0.2, -0.15) is 11.8 Å². The zero-order valence-corrected chi connectivity index (χ0v) is 11.5. The van der Waals surface area contributed by atoms with E-state index in [9.17, 15) is 8.42 Å². The van der Waals surface area contributed by atoms with Crippen molar-refractivity contribution < 1.29 is 8.42 Å². The summed E-state index contributed by atoms with van der Waals surface area (Å²) in [5.74, 6) is 6.00. The number of anilines is 1. The summed E-state index contributed by atoms with van der Waals surface area (Å²) in [6.07, 6.45) is 1.95. The van der Waals surface area contributed by atoms with E-state index in [0.29, 0.717) is 12.2 Å². The molecule has 17 heavy (non-hydrogen) atoms. The first-order chi connectivity index (χ1) is 8.02. The van der Waals surface area contributed by atoms with E-state index < -0.39 is 10.0 Å². The van der Waals surface area contributed by atoms with Gasteiger partial charge < -0.3 is 5.43 Å². The Balaban J connectivity index is 2.88. The van der Waals surface area contributed by atoms with Crippen LogP contribution in [0.5, 0.6) is 0 Å². The molecule has 0 aliphatic rings. The van der Waals surface area contributed by atoms with E-state index in [-0.39, 0.29) is 4.90 Å². The summed E-state index contributed by atoms with van der Waals surface area (Å²) in [6.45, 7) is 0.500. The smallest absolute Gasteiger partial charge is 0.242 e. The molecular formula is C10H17N3O2S2. The van der Waals surface area contributed by atoms with Crippen molar-refractivity contribution in [3.8, 4) is 0 Å². The predicted octanol–water partition coefficient (Wildman–Crippen LogP) is 0.956. The lowest BCUT2D eigenvalue weighted by Crippen LogP contribution is -2.29. The average Bonchev–Trinajstić information content (AvgIpc) is 2.35. The molecule has 0 radical (unpaired) electrons. The molecule has 7 heteroatoms. The van der Waals surface area contributed by atoms with Gasteiger partial charge in [-0.05, 0) is 30.5 Å². The van der Waals surface area contributed by atoms with E-state index in [2.05, 4.69) is 5.43 Å². The van der Waals surface area contributed by atoms with Gasteiger partial charge in [-0.15, -0.1) is 0 Å². The third-order valence-corrected chi connectivity index (χ3v) is 4.80. The Bertz CT molecular complexity index is 445. The van der Waals surface area contributed by atoms with Gasteiger partial charge in [0, 0.05) is 25.0 Å². The number of hydrazine groups is 1. The molecule has 96 valence electrons. The van der Waals surface area contributed by atoms with Crippen molar-refractivity contribution in [1.29, 1.82) is 0 Å². The Hall–Kier alpha value is -0.760. The maximum Gasteiger partial charge on any atom is 0.242 e. The number of nitrogen functional groups attached to an aromatic ring is 1. The zero-order chi connectivity index (χ0) is 12.9. The first-order valence-electron chi connectivity index (χ1n) is 5.04. The number of nitrogens with two attached hydrogens (primary N) is 1. The highest BCUT2D eigenvalue weighted by Gasteiger charge is 2.19. The van der Waals surface area contributed by atoms with Gasteiger partial charge in [-0.25, -0.2) is 12.7 Å². The van der Waals surface area contributed by atoms with Gasteiger partial charge in [0.2, 0.25) is 10.0 Å². The summed E-state index contributed by atoms with van der Waals surface area (Å²) < 4.78 is 25.6. The Morgan fingerprint density at radius 3 is 2.41 bits per heavy atom. The summed E-state index contributed by atoms with van der Waals surface area (Å²) in [5, 5.41) is 0. The molecule has 0 aliphatic heterocycles. The highest BCUT2D eigenvalue weighted by molar-refractivity contribution is 7.98. The van der Waals surface area contributed by atoms with Crippen LogP contribution in [0.4, 0.5) is 5.69 Å². The second-order valence-corrected chi connectivity index (χ2v) is 6.52. The number of sulfonamides is 1. The quantitative estimate of drug-likeness (QED) is 0.597. The molecule has 0 fully saturated rings. The van der Waals surface area contributed by atoms with Crippen LogP contribution in [0, 0.1) is 0 Å². The van der Waals surface area contributed by atoms with Crippen molar-refractivity contribution in [2.45, 2.75) is 4.90 Å². The minimum Gasteiger partial charge on any atom is -0.324 e. The topological polar surface area (TPSA) is 75.4 Å². The van der Waals surface area contributed by atoms with E-state index in [1.807, 2.05) is 6.26 Å². The van der Waals surface area contributed by atoms with Crippen molar-refractivity contribution >= 4 is 27.5 Å². The number of nitrogens with zero attached hydrogens (tertiary/aromatic N) is 1. The molecule has 0 heterocycles. The summed E-state index contributed by atoms with van der Waals surface area (Å²) in [6, 6.07) is 6.35. The molecular weight excluding hydrogens is 258 g/mol. The van der Waals surface area contributed by atoms with Gasteiger partial charge in [-0.3, -0.25) is 5.84 Å². The van der Waals surface area contributed by atoms with Crippen molar-refractivity contribution in [2.75, 3.05) is 31.0 Å². The van der Waals surface area contributed by atoms with E-state index in [1.54, 1.807) is 43.1 Å². The lowest BCUT2D eigenvalue weighted by atomic mass is 10.3. The van der Waals surface area contributed by atoms with Gasteiger partial charge in [0.1, 0.15) is 0 Å². The number of rotatable bonds is 6. The van der Waals surface area contributed by atoms with Crippen LogP contribution in [-0.2, 0) is 10.0 Å². The first kappa shape index (κ1) is 14.3. The van der Waals surface area contributed by atoms with E-state index in [0.717, 1.165) is 5.75 Å². The Labute approximate surface area is 106 Å².